The summed E-state index contributed by atoms with van der Waals surface area (Å²) in [7, 11) is 0. The van der Waals surface area contributed by atoms with Crippen LogP contribution in [0.2, 0.25) is 5.02 Å². The van der Waals surface area contributed by atoms with Gasteiger partial charge in [-0.05, 0) is 29.5 Å². The Labute approximate surface area is 86.5 Å². The van der Waals surface area contributed by atoms with Crippen molar-refractivity contribution in [1.82, 2.24) is 4.98 Å². The molecule has 0 atom stereocenters. The van der Waals surface area contributed by atoms with Crippen LogP contribution < -0.4 is 5.56 Å². The Kier molecular flexibility index (Phi) is 2.30. The van der Waals surface area contributed by atoms with Gasteiger partial charge in [-0.2, -0.15) is 0 Å². The molecule has 2 rings (SSSR count). The van der Waals surface area contributed by atoms with E-state index < -0.39 is 0 Å². The molecule has 1 aromatic carbocycles. The third-order valence-corrected chi connectivity index (χ3v) is 2.57. The normalized spacial score (nSPS) is 10.7. The maximum absolute atomic E-state index is 11.5. The Morgan fingerprint density at radius 1 is 1.36 bits per heavy atom. The number of fused-ring (bicyclic) bond motifs is 1. The van der Waals surface area contributed by atoms with Crippen LogP contribution in [0.4, 0.5) is 0 Å². The molecule has 2 aromatic rings. The predicted octanol–water partition coefficient (Wildman–Crippen LogP) is 2.74. The van der Waals surface area contributed by atoms with Crippen molar-refractivity contribution >= 4 is 22.4 Å². The van der Waals surface area contributed by atoms with Gasteiger partial charge in [0.2, 0.25) is 0 Å². The van der Waals surface area contributed by atoms with E-state index in [-0.39, 0.29) is 5.56 Å². The van der Waals surface area contributed by atoms with Crippen LogP contribution in [0.1, 0.15) is 12.5 Å². The third-order valence-electron chi connectivity index (χ3n) is 2.33. The van der Waals surface area contributed by atoms with Crippen LogP contribution in [0.3, 0.4) is 0 Å². The molecule has 0 aliphatic rings. The minimum Gasteiger partial charge on any atom is -0.328 e. The van der Waals surface area contributed by atoms with Crippen LogP contribution in [0.15, 0.2) is 29.2 Å². The van der Waals surface area contributed by atoms with Crippen molar-refractivity contribution in [2.45, 2.75) is 13.3 Å². The predicted molar refractivity (Wildman–Crippen MR) is 59.0 cm³/mol. The number of hydrogen-bond donors (Lipinski definition) is 1. The second kappa shape index (κ2) is 3.46. The van der Waals surface area contributed by atoms with Gasteiger partial charge in [0.05, 0.1) is 0 Å². The quantitative estimate of drug-likeness (QED) is 0.767. The molecule has 72 valence electrons. The number of halogens is 1. The highest BCUT2D eigenvalue weighted by Gasteiger charge is 2.03. The van der Waals surface area contributed by atoms with E-state index in [1.807, 2.05) is 12.1 Å². The summed E-state index contributed by atoms with van der Waals surface area (Å²) in [5, 5.41) is 2.24. The number of pyridine rings is 1. The monoisotopic (exact) mass is 207 g/mol. The van der Waals surface area contributed by atoms with Gasteiger partial charge in [-0.15, -0.1) is 0 Å². The lowest BCUT2D eigenvalue weighted by Crippen LogP contribution is -2.06. The fraction of sp³-hybridized carbons (Fsp3) is 0.182. The summed E-state index contributed by atoms with van der Waals surface area (Å²) in [6, 6.07) is 5.41. The summed E-state index contributed by atoms with van der Waals surface area (Å²) in [6.07, 6.45) is 2.66. The van der Waals surface area contributed by atoms with Gasteiger partial charge < -0.3 is 4.98 Å². The van der Waals surface area contributed by atoms with Crippen molar-refractivity contribution in [1.29, 1.82) is 0 Å². The largest absolute Gasteiger partial charge is 0.328 e. The van der Waals surface area contributed by atoms with Gasteiger partial charge in [0.15, 0.2) is 0 Å². The fourth-order valence-electron chi connectivity index (χ4n) is 1.59. The minimum atomic E-state index is -0.0836. The summed E-state index contributed by atoms with van der Waals surface area (Å²) in [5.41, 5.74) is 1.05. The van der Waals surface area contributed by atoms with Crippen molar-refractivity contribution in [3.05, 3.63) is 45.3 Å². The second-order valence-electron chi connectivity index (χ2n) is 3.19. The number of aryl methyl sites for hydroxylation is 1. The molecule has 0 aliphatic carbocycles. The van der Waals surface area contributed by atoms with Crippen molar-refractivity contribution in [3.8, 4) is 0 Å². The maximum Gasteiger partial charge on any atom is 0.255 e. The molecule has 1 N–H and O–H groups in total. The van der Waals surface area contributed by atoms with Gasteiger partial charge >= 0.3 is 0 Å². The molecule has 0 saturated carbocycles. The number of H-pyrrole nitrogens is 1. The minimum absolute atomic E-state index is 0.0836. The zero-order valence-corrected chi connectivity index (χ0v) is 8.56. The van der Waals surface area contributed by atoms with Gasteiger partial charge in [-0.1, -0.05) is 24.6 Å². The Hall–Kier alpha value is -1.28. The topological polar surface area (TPSA) is 32.9 Å². The van der Waals surface area contributed by atoms with E-state index in [0.717, 1.165) is 17.4 Å². The number of aromatic amines is 1. The van der Waals surface area contributed by atoms with Crippen LogP contribution in [0, 0.1) is 0 Å². The zero-order valence-electron chi connectivity index (χ0n) is 7.80. The summed E-state index contributed by atoms with van der Waals surface area (Å²) < 4.78 is 0. The lowest BCUT2D eigenvalue weighted by Gasteiger charge is -2.03. The van der Waals surface area contributed by atoms with E-state index in [2.05, 4.69) is 11.9 Å². The molecule has 0 bridgehead atoms. The van der Waals surface area contributed by atoms with Crippen LogP contribution in [-0.4, -0.2) is 4.98 Å². The maximum atomic E-state index is 11.5. The number of rotatable bonds is 1. The third kappa shape index (κ3) is 1.42. The number of aromatic nitrogens is 1. The molecule has 0 unspecified atom stereocenters. The average molecular weight is 208 g/mol. The highest BCUT2D eigenvalue weighted by molar-refractivity contribution is 6.31. The molecule has 0 aliphatic heterocycles. The number of hydrogen-bond acceptors (Lipinski definition) is 1. The molecule has 0 spiro atoms. The molecule has 0 fully saturated rings. The molecule has 0 saturated heterocycles. The first-order valence-electron chi connectivity index (χ1n) is 4.52. The molecule has 14 heavy (non-hydrogen) atoms. The molecule has 0 amide bonds. The van der Waals surface area contributed by atoms with E-state index in [9.17, 15) is 4.79 Å². The van der Waals surface area contributed by atoms with Gasteiger partial charge in [-0.3, -0.25) is 4.79 Å². The molecule has 1 aromatic heterocycles. The molecular formula is C11H10ClNO. The SMILES string of the molecule is CCc1c[nH]c(=O)c2cc(Cl)ccc12. The molecule has 1 heterocycles. The van der Waals surface area contributed by atoms with E-state index in [0.29, 0.717) is 10.4 Å². The van der Waals surface area contributed by atoms with Gasteiger partial charge in [0, 0.05) is 16.6 Å². The zero-order chi connectivity index (χ0) is 10.1. The lowest BCUT2D eigenvalue weighted by atomic mass is 10.1. The standard InChI is InChI=1S/C11H10ClNO/c1-2-7-6-13-11(14)10-5-8(12)3-4-9(7)10/h3-6H,2H2,1H3,(H,13,14). The highest BCUT2D eigenvalue weighted by Crippen LogP contribution is 2.19. The van der Waals surface area contributed by atoms with Crippen molar-refractivity contribution in [2.24, 2.45) is 0 Å². The Balaban J connectivity index is 2.91. The fourth-order valence-corrected chi connectivity index (χ4v) is 1.76. The molecular weight excluding hydrogens is 198 g/mol. The summed E-state index contributed by atoms with van der Waals surface area (Å²) in [5.74, 6) is 0. The lowest BCUT2D eigenvalue weighted by molar-refractivity contribution is 1.11. The second-order valence-corrected chi connectivity index (χ2v) is 3.62. The van der Waals surface area contributed by atoms with E-state index in [1.165, 1.54) is 0 Å². The molecule has 3 heteroatoms. The van der Waals surface area contributed by atoms with Gasteiger partial charge in [0.1, 0.15) is 0 Å². The summed E-state index contributed by atoms with van der Waals surface area (Å²) >= 11 is 5.83. The molecule has 0 radical (unpaired) electrons. The molecule has 2 nitrogen and oxygen atoms in total. The van der Waals surface area contributed by atoms with Crippen molar-refractivity contribution in [2.75, 3.05) is 0 Å². The van der Waals surface area contributed by atoms with Crippen molar-refractivity contribution in [3.63, 3.8) is 0 Å². The Morgan fingerprint density at radius 3 is 2.86 bits per heavy atom. The van der Waals surface area contributed by atoms with Crippen molar-refractivity contribution < 1.29 is 0 Å². The Bertz CT molecular complexity index is 530. The number of benzene rings is 1. The van der Waals surface area contributed by atoms with Gasteiger partial charge in [-0.25, -0.2) is 0 Å². The summed E-state index contributed by atoms with van der Waals surface area (Å²) in [4.78, 5) is 14.2. The van der Waals surface area contributed by atoms with Gasteiger partial charge in [0.25, 0.3) is 5.56 Å². The van der Waals surface area contributed by atoms with Crippen LogP contribution in [-0.2, 0) is 6.42 Å². The summed E-state index contributed by atoms with van der Waals surface area (Å²) in [6.45, 7) is 2.06. The smallest absolute Gasteiger partial charge is 0.255 e. The number of nitrogens with one attached hydrogen (secondary N) is 1. The van der Waals surface area contributed by atoms with Crippen LogP contribution >= 0.6 is 11.6 Å². The Morgan fingerprint density at radius 2 is 2.14 bits per heavy atom. The van der Waals surface area contributed by atoms with E-state index >= 15 is 0 Å². The van der Waals surface area contributed by atoms with E-state index in [4.69, 9.17) is 11.6 Å². The average Bonchev–Trinajstić information content (AvgIpc) is 2.19. The highest BCUT2D eigenvalue weighted by atomic mass is 35.5. The first-order chi connectivity index (χ1) is 6.72. The first-order valence-corrected chi connectivity index (χ1v) is 4.90. The van der Waals surface area contributed by atoms with E-state index in [1.54, 1.807) is 12.3 Å². The first kappa shape index (κ1) is 9.28. The van der Waals surface area contributed by atoms with Crippen LogP contribution in [0.5, 0.6) is 0 Å². The van der Waals surface area contributed by atoms with Crippen LogP contribution in [0.25, 0.3) is 10.8 Å².